The van der Waals surface area contributed by atoms with Crippen molar-refractivity contribution < 1.29 is 13.2 Å². The molecule has 7 nitrogen and oxygen atoms in total. The van der Waals surface area contributed by atoms with Crippen LogP contribution in [0, 0.1) is 0 Å². The molecule has 1 fully saturated rings. The molecule has 0 bridgehead atoms. The third-order valence-corrected chi connectivity index (χ3v) is 4.92. The lowest BCUT2D eigenvalue weighted by molar-refractivity contribution is -0.146. The number of hydrogen-bond acceptors (Lipinski definition) is 7. The molecule has 1 aliphatic rings. The van der Waals surface area contributed by atoms with Gasteiger partial charge in [-0.05, 0) is 18.6 Å². The van der Waals surface area contributed by atoms with Crippen LogP contribution < -0.4 is 4.90 Å². The molecule has 4 rings (SSSR count). The molecule has 3 aromatic rings. The standard InChI is InChI=1S/C15H16F3N7S/c16-15(17,18)14-21-20-12-2-3-13(22-25(12)14)24-5-1-4-23(6-7-24)8-11-9-26-10-19-11/h2-3,9-10H,1,4-8H2. The summed E-state index contributed by atoms with van der Waals surface area (Å²) in [5.74, 6) is -0.604. The van der Waals surface area contributed by atoms with Gasteiger partial charge in [-0.25, -0.2) is 4.98 Å². The van der Waals surface area contributed by atoms with Crippen LogP contribution in [0.5, 0.6) is 0 Å². The van der Waals surface area contributed by atoms with E-state index in [-0.39, 0.29) is 5.65 Å². The zero-order valence-corrected chi connectivity index (χ0v) is 14.5. The number of fused-ring (bicyclic) bond motifs is 1. The monoisotopic (exact) mass is 383 g/mol. The second-order valence-corrected chi connectivity index (χ2v) is 6.80. The molecule has 0 aliphatic carbocycles. The van der Waals surface area contributed by atoms with Crippen molar-refractivity contribution >= 4 is 22.8 Å². The maximum atomic E-state index is 13.0. The third kappa shape index (κ3) is 3.49. The van der Waals surface area contributed by atoms with Gasteiger partial charge < -0.3 is 4.90 Å². The van der Waals surface area contributed by atoms with Crippen molar-refractivity contribution in [3.8, 4) is 0 Å². The van der Waals surface area contributed by atoms with E-state index in [1.165, 1.54) is 6.07 Å². The first kappa shape index (κ1) is 17.2. The van der Waals surface area contributed by atoms with Crippen LogP contribution in [0.2, 0.25) is 0 Å². The zero-order chi connectivity index (χ0) is 18.1. The first-order valence-electron chi connectivity index (χ1n) is 8.15. The van der Waals surface area contributed by atoms with E-state index in [0.29, 0.717) is 12.4 Å². The Hall–Kier alpha value is -2.27. The average molecular weight is 383 g/mol. The summed E-state index contributed by atoms with van der Waals surface area (Å²) >= 11 is 1.57. The summed E-state index contributed by atoms with van der Waals surface area (Å²) in [5, 5.41) is 12.9. The van der Waals surface area contributed by atoms with Gasteiger partial charge in [0.2, 0.25) is 0 Å². The van der Waals surface area contributed by atoms with E-state index in [2.05, 4.69) is 25.2 Å². The topological polar surface area (TPSA) is 62.5 Å². The minimum absolute atomic E-state index is 0.0843. The lowest BCUT2D eigenvalue weighted by Gasteiger charge is -2.22. The fourth-order valence-corrected chi connectivity index (χ4v) is 3.58. The summed E-state index contributed by atoms with van der Waals surface area (Å²) in [4.78, 5) is 8.61. The van der Waals surface area contributed by atoms with Gasteiger partial charge in [0.05, 0.1) is 11.2 Å². The molecule has 11 heteroatoms. The molecule has 0 unspecified atom stereocenters. The van der Waals surface area contributed by atoms with Crippen molar-refractivity contribution in [1.82, 2.24) is 29.7 Å². The van der Waals surface area contributed by atoms with Crippen molar-refractivity contribution in [1.29, 1.82) is 0 Å². The van der Waals surface area contributed by atoms with Crippen LogP contribution in [0.1, 0.15) is 17.9 Å². The summed E-state index contributed by atoms with van der Waals surface area (Å²) in [6.07, 6.45) is -3.69. The van der Waals surface area contributed by atoms with Gasteiger partial charge in [-0.1, -0.05) is 0 Å². The molecule has 0 atom stereocenters. The number of thiazole rings is 1. The Morgan fingerprint density at radius 2 is 1.96 bits per heavy atom. The quantitative estimate of drug-likeness (QED) is 0.692. The highest BCUT2D eigenvalue weighted by Crippen LogP contribution is 2.28. The molecule has 138 valence electrons. The van der Waals surface area contributed by atoms with Crippen molar-refractivity contribution in [2.75, 3.05) is 31.1 Å². The zero-order valence-electron chi connectivity index (χ0n) is 13.7. The highest BCUT2D eigenvalue weighted by molar-refractivity contribution is 7.07. The molecule has 0 N–H and O–H groups in total. The highest BCUT2D eigenvalue weighted by atomic mass is 32.1. The number of rotatable bonds is 3. The second kappa shape index (κ2) is 6.80. The molecule has 26 heavy (non-hydrogen) atoms. The molecule has 4 heterocycles. The van der Waals surface area contributed by atoms with Crippen LogP contribution in [0.3, 0.4) is 0 Å². The van der Waals surface area contributed by atoms with Gasteiger partial charge in [-0.15, -0.1) is 26.6 Å². The van der Waals surface area contributed by atoms with Gasteiger partial charge in [-0.2, -0.15) is 17.7 Å². The van der Waals surface area contributed by atoms with Crippen molar-refractivity contribution in [3.63, 3.8) is 0 Å². The Morgan fingerprint density at radius 1 is 1.08 bits per heavy atom. The smallest absolute Gasteiger partial charge is 0.354 e. The van der Waals surface area contributed by atoms with E-state index in [4.69, 9.17) is 0 Å². The predicted molar refractivity (Wildman–Crippen MR) is 90.0 cm³/mol. The predicted octanol–water partition coefficient (Wildman–Crippen LogP) is 2.31. The summed E-state index contributed by atoms with van der Waals surface area (Å²) in [7, 11) is 0. The van der Waals surface area contributed by atoms with Gasteiger partial charge in [0, 0.05) is 38.1 Å². The lowest BCUT2D eigenvalue weighted by atomic mass is 10.3. The summed E-state index contributed by atoms with van der Waals surface area (Å²) in [5.41, 5.74) is 2.94. The fourth-order valence-electron chi connectivity index (χ4n) is 3.03. The van der Waals surface area contributed by atoms with Gasteiger partial charge in [-0.3, -0.25) is 4.90 Å². The first-order chi connectivity index (χ1) is 12.5. The number of aromatic nitrogens is 5. The molecule has 0 amide bonds. The van der Waals surface area contributed by atoms with Gasteiger partial charge in [0.1, 0.15) is 5.82 Å². The van der Waals surface area contributed by atoms with E-state index in [1.54, 1.807) is 17.4 Å². The molecule has 1 aliphatic heterocycles. The minimum atomic E-state index is -4.59. The van der Waals surface area contributed by atoms with Crippen molar-refractivity contribution in [2.24, 2.45) is 0 Å². The number of halogens is 3. The van der Waals surface area contributed by atoms with Crippen molar-refractivity contribution in [2.45, 2.75) is 19.1 Å². The van der Waals surface area contributed by atoms with Crippen LogP contribution in [0.15, 0.2) is 23.0 Å². The Kier molecular flexibility index (Phi) is 4.49. The van der Waals surface area contributed by atoms with Crippen LogP contribution >= 0.6 is 11.3 Å². The summed E-state index contributed by atoms with van der Waals surface area (Å²) in [6.45, 7) is 3.91. The first-order valence-corrected chi connectivity index (χ1v) is 9.09. The van der Waals surface area contributed by atoms with Gasteiger partial charge in [0.25, 0.3) is 5.82 Å². The molecular weight excluding hydrogens is 367 g/mol. The Labute approximate surface area is 151 Å². The largest absolute Gasteiger partial charge is 0.453 e. The van der Waals surface area contributed by atoms with Crippen LogP contribution in [-0.4, -0.2) is 55.9 Å². The Balaban J connectivity index is 1.52. The maximum absolute atomic E-state index is 13.0. The van der Waals surface area contributed by atoms with Crippen LogP contribution in [0.4, 0.5) is 19.0 Å². The van der Waals surface area contributed by atoms with Gasteiger partial charge in [0.15, 0.2) is 5.65 Å². The Morgan fingerprint density at radius 3 is 2.73 bits per heavy atom. The number of hydrogen-bond donors (Lipinski definition) is 0. The van der Waals surface area contributed by atoms with E-state index in [0.717, 1.165) is 42.8 Å². The van der Waals surface area contributed by atoms with Crippen molar-refractivity contribution in [3.05, 3.63) is 34.5 Å². The molecule has 3 aromatic heterocycles. The molecular formula is C15H16F3N7S. The fraction of sp³-hybridized carbons (Fsp3) is 0.467. The molecule has 0 radical (unpaired) electrons. The van der Waals surface area contributed by atoms with E-state index in [9.17, 15) is 13.2 Å². The normalized spacial score (nSPS) is 17.0. The molecule has 0 spiro atoms. The summed E-state index contributed by atoms with van der Waals surface area (Å²) < 4.78 is 39.9. The average Bonchev–Trinajstić information content (AvgIpc) is 3.20. The van der Waals surface area contributed by atoms with E-state index < -0.39 is 12.0 Å². The number of nitrogens with zero attached hydrogens (tertiary/aromatic N) is 7. The third-order valence-electron chi connectivity index (χ3n) is 4.28. The molecule has 0 aromatic carbocycles. The van der Waals surface area contributed by atoms with E-state index >= 15 is 0 Å². The summed E-state index contributed by atoms with van der Waals surface area (Å²) in [6, 6.07) is 3.21. The Bertz CT molecular complexity index is 877. The maximum Gasteiger partial charge on any atom is 0.453 e. The SMILES string of the molecule is FC(F)(F)c1nnc2ccc(N3CCCN(Cc4cscn4)CC3)nn12. The minimum Gasteiger partial charge on any atom is -0.354 e. The highest BCUT2D eigenvalue weighted by Gasteiger charge is 2.37. The number of alkyl halides is 3. The van der Waals surface area contributed by atoms with Crippen LogP contribution in [-0.2, 0) is 12.7 Å². The molecule has 0 saturated carbocycles. The van der Waals surface area contributed by atoms with Crippen LogP contribution in [0.25, 0.3) is 5.65 Å². The lowest BCUT2D eigenvalue weighted by Crippen LogP contribution is -2.31. The number of anilines is 1. The second-order valence-electron chi connectivity index (χ2n) is 6.08. The van der Waals surface area contributed by atoms with E-state index in [1.807, 2.05) is 15.8 Å². The van der Waals surface area contributed by atoms with Gasteiger partial charge >= 0.3 is 6.18 Å². The molecule has 1 saturated heterocycles.